The molecule has 0 radical (unpaired) electrons. The van der Waals surface area contributed by atoms with Gasteiger partial charge in [0.05, 0.1) is 24.3 Å². The first-order valence-corrected chi connectivity index (χ1v) is 10.6. The highest BCUT2D eigenvalue weighted by molar-refractivity contribution is 6.46. The summed E-state index contributed by atoms with van der Waals surface area (Å²) in [6, 6.07) is 8.43. The molecular formula is C25H30N2O4. The van der Waals surface area contributed by atoms with Crippen molar-refractivity contribution in [2.75, 3.05) is 13.7 Å². The lowest BCUT2D eigenvalue weighted by Gasteiger charge is -2.25. The van der Waals surface area contributed by atoms with Gasteiger partial charge in [-0.3, -0.25) is 14.6 Å². The second-order valence-corrected chi connectivity index (χ2v) is 8.80. The SMILES string of the molecule is CCCCN1C(=O)C(=O)/C(=C(/O)c2cc(C(C)(C)C)ccc2OC)C1c1cccnc1. The quantitative estimate of drug-likeness (QED) is 0.418. The van der Waals surface area contributed by atoms with Gasteiger partial charge < -0.3 is 14.7 Å². The van der Waals surface area contributed by atoms with Crippen LogP contribution in [0.5, 0.6) is 5.75 Å². The van der Waals surface area contributed by atoms with Gasteiger partial charge in [-0.15, -0.1) is 0 Å². The third-order valence-electron chi connectivity index (χ3n) is 5.61. The van der Waals surface area contributed by atoms with Crippen molar-refractivity contribution in [1.82, 2.24) is 9.88 Å². The van der Waals surface area contributed by atoms with E-state index >= 15 is 0 Å². The number of unbranched alkanes of at least 4 members (excludes halogenated alkanes) is 1. The molecule has 0 aliphatic carbocycles. The van der Waals surface area contributed by atoms with E-state index in [2.05, 4.69) is 25.8 Å². The van der Waals surface area contributed by atoms with Crippen molar-refractivity contribution in [3.05, 3.63) is 65.0 Å². The lowest BCUT2D eigenvalue weighted by molar-refractivity contribution is -0.139. The number of rotatable bonds is 6. The second-order valence-electron chi connectivity index (χ2n) is 8.80. The van der Waals surface area contributed by atoms with E-state index in [9.17, 15) is 14.7 Å². The topological polar surface area (TPSA) is 79.7 Å². The Morgan fingerprint density at radius 2 is 1.97 bits per heavy atom. The van der Waals surface area contributed by atoms with Gasteiger partial charge in [0, 0.05) is 18.9 Å². The van der Waals surface area contributed by atoms with Crippen LogP contribution in [-0.2, 0) is 15.0 Å². The first-order chi connectivity index (χ1) is 14.7. The molecule has 0 saturated carbocycles. The number of carbonyl (C=O) groups is 2. The highest BCUT2D eigenvalue weighted by Crippen LogP contribution is 2.41. The smallest absolute Gasteiger partial charge is 0.295 e. The molecular weight excluding hydrogens is 392 g/mol. The lowest BCUT2D eigenvalue weighted by atomic mass is 9.85. The zero-order valence-corrected chi connectivity index (χ0v) is 18.8. The highest BCUT2D eigenvalue weighted by atomic mass is 16.5. The maximum atomic E-state index is 13.1. The van der Waals surface area contributed by atoms with E-state index in [0.29, 0.717) is 23.4 Å². The van der Waals surface area contributed by atoms with Crippen molar-refractivity contribution in [2.24, 2.45) is 0 Å². The number of amides is 1. The number of pyridine rings is 1. The fourth-order valence-electron chi connectivity index (χ4n) is 3.83. The standard InChI is InChI=1S/C25H30N2O4/c1-6-7-13-27-21(16-9-8-12-26-15-16)20(23(29)24(27)30)22(28)18-14-17(25(2,3)4)10-11-19(18)31-5/h8-12,14-15,21,28H,6-7,13H2,1-5H3/b22-20+. The third-order valence-corrected chi connectivity index (χ3v) is 5.61. The number of methoxy groups -OCH3 is 1. The minimum Gasteiger partial charge on any atom is -0.507 e. The molecule has 0 spiro atoms. The molecule has 1 aromatic carbocycles. The van der Waals surface area contributed by atoms with Crippen molar-refractivity contribution in [1.29, 1.82) is 0 Å². The van der Waals surface area contributed by atoms with Crippen molar-refractivity contribution < 1.29 is 19.4 Å². The number of aliphatic hydroxyl groups excluding tert-OH is 1. The number of aromatic nitrogens is 1. The van der Waals surface area contributed by atoms with Crippen LogP contribution in [0.25, 0.3) is 5.76 Å². The molecule has 31 heavy (non-hydrogen) atoms. The molecule has 6 heteroatoms. The Morgan fingerprint density at radius 3 is 2.55 bits per heavy atom. The van der Waals surface area contributed by atoms with E-state index in [4.69, 9.17) is 4.74 Å². The summed E-state index contributed by atoms with van der Waals surface area (Å²) in [4.78, 5) is 31.7. The minimum absolute atomic E-state index is 0.0680. The van der Waals surface area contributed by atoms with Crippen LogP contribution in [0.2, 0.25) is 0 Å². The Balaban J connectivity index is 2.24. The van der Waals surface area contributed by atoms with Crippen LogP contribution in [0.3, 0.4) is 0 Å². The summed E-state index contributed by atoms with van der Waals surface area (Å²) in [5.74, 6) is -1.08. The molecule has 164 valence electrons. The van der Waals surface area contributed by atoms with Gasteiger partial charge in [0.1, 0.15) is 11.5 Å². The Morgan fingerprint density at radius 1 is 1.23 bits per heavy atom. The average molecular weight is 423 g/mol. The van der Waals surface area contributed by atoms with Crippen LogP contribution < -0.4 is 4.74 Å². The van der Waals surface area contributed by atoms with Crippen molar-refractivity contribution in [3.8, 4) is 5.75 Å². The van der Waals surface area contributed by atoms with Crippen LogP contribution in [0.4, 0.5) is 0 Å². The number of hydrogen-bond acceptors (Lipinski definition) is 5. The number of likely N-dealkylation sites (tertiary alicyclic amines) is 1. The van der Waals surface area contributed by atoms with Gasteiger partial charge in [-0.1, -0.05) is 46.2 Å². The van der Waals surface area contributed by atoms with E-state index < -0.39 is 17.7 Å². The van der Waals surface area contributed by atoms with E-state index in [-0.39, 0.29) is 16.7 Å². The molecule has 1 unspecified atom stereocenters. The van der Waals surface area contributed by atoms with Gasteiger partial charge in [-0.2, -0.15) is 0 Å². The summed E-state index contributed by atoms with van der Waals surface area (Å²) >= 11 is 0. The maximum Gasteiger partial charge on any atom is 0.295 e. The molecule has 0 bridgehead atoms. The van der Waals surface area contributed by atoms with Gasteiger partial charge in [0.25, 0.3) is 11.7 Å². The minimum atomic E-state index is -0.691. The lowest BCUT2D eigenvalue weighted by Crippen LogP contribution is -2.30. The number of Topliss-reactive ketones (excluding diaryl/α,β-unsaturated/α-hetero) is 1. The number of aliphatic hydroxyl groups is 1. The van der Waals surface area contributed by atoms with Gasteiger partial charge in [-0.25, -0.2) is 0 Å². The van der Waals surface area contributed by atoms with Gasteiger partial charge in [-0.05, 0) is 41.2 Å². The van der Waals surface area contributed by atoms with Crippen molar-refractivity contribution in [2.45, 2.75) is 52.0 Å². The summed E-state index contributed by atoms with van der Waals surface area (Å²) in [6.45, 7) is 8.66. The number of hydrogen-bond donors (Lipinski definition) is 1. The summed E-state index contributed by atoms with van der Waals surface area (Å²) in [5, 5.41) is 11.4. The largest absolute Gasteiger partial charge is 0.507 e. The predicted molar refractivity (Wildman–Crippen MR) is 120 cm³/mol. The zero-order valence-electron chi connectivity index (χ0n) is 18.8. The van der Waals surface area contributed by atoms with Crippen LogP contribution in [0.1, 0.15) is 63.3 Å². The molecule has 3 rings (SSSR count). The fraction of sp³-hybridized carbons (Fsp3) is 0.400. The Bertz CT molecular complexity index is 1010. The first-order valence-electron chi connectivity index (χ1n) is 10.6. The zero-order chi connectivity index (χ0) is 22.8. The number of nitrogens with zero attached hydrogens (tertiary/aromatic N) is 2. The monoisotopic (exact) mass is 422 g/mol. The highest BCUT2D eigenvalue weighted by Gasteiger charge is 2.46. The first kappa shape index (κ1) is 22.5. The third kappa shape index (κ3) is 4.33. The summed E-state index contributed by atoms with van der Waals surface area (Å²) < 4.78 is 5.47. The summed E-state index contributed by atoms with van der Waals surface area (Å²) in [6.07, 6.45) is 4.90. The van der Waals surface area contributed by atoms with Crippen LogP contribution in [-0.4, -0.2) is 40.3 Å². The Hall–Kier alpha value is -3.15. The number of ether oxygens (including phenoxy) is 1. The van der Waals surface area contributed by atoms with Crippen LogP contribution in [0.15, 0.2) is 48.3 Å². The molecule has 1 aliphatic heterocycles. The molecule has 1 fully saturated rings. The molecule has 1 amide bonds. The molecule has 1 saturated heterocycles. The normalized spacial score (nSPS) is 18.5. The Labute approximate surface area is 183 Å². The van der Waals surface area contributed by atoms with Crippen LogP contribution in [0, 0.1) is 0 Å². The fourth-order valence-corrected chi connectivity index (χ4v) is 3.83. The predicted octanol–water partition coefficient (Wildman–Crippen LogP) is 4.61. The summed E-state index contributed by atoms with van der Waals surface area (Å²) in [7, 11) is 1.52. The molecule has 6 nitrogen and oxygen atoms in total. The van der Waals surface area contributed by atoms with Gasteiger partial charge in [0.2, 0.25) is 0 Å². The van der Waals surface area contributed by atoms with E-state index in [1.54, 1.807) is 24.5 Å². The number of ketones is 1. The molecule has 2 heterocycles. The van der Waals surface area contributed by atoms with Crippen molar-refractivity contribution >= 4 is 17.4 Å². The molecule has 1 aromatic heterocycles. The molecule has 1 atom stereocenters. The van der Waals surface area contributed by atoms with E-state index in [1.807, 2.05) is 25.1 Å². The molecule has 1 aliphatic rings. The van der Waals surface area contributed by atoms with E-state index in [1.165, 1.54) is 12.0 Å². The second kappa shape index (κ2) is 8.92. The Kier molecular flexibility index (Phi) is 6.48. The molecule has 2 aromatic rings. The van der Waals surface area contributed by atoms with Gasteiger partial charge in [0.15, 0.2) is 0 Å². The number of carbonyl (C=O) groups excluding carboxylic acids is 2. The van der Waals surface area contributed by atoms with Crippen LogP contribution >= 0.6 is 0 Å². The molecule has 1 N–H and O–H groups in total. The van der Waals surface area contributed by atoms with Gasteiger partial charge >= 0.3 is 0 Å². The average Bonchev–Trinajstić information content (AvgIpc) is 3.01. The van der Waals surface area contributed by atoms with Crippen molar-refractivity contribution in [3.63, 3.8) is 0 Å². The maximum absolute atomic E-state index is 13.1. The van der Waals surface area contributed by atoms with E-state index in [0.717, 1.165) is 18.4 Å². The summed E-state index contributed by atoms with van der Waals surface area (Å²) in [5.41, 5.74) is 1.96. The number of benzene rings is 1.